The summed E-state index contributed by atoms with van der Waals surface area (Å²) in [4.78, 5) is 30.2. The summed E-state index contributed by atoms with van der Waals surface area (Å²) in [6.07, 6.45) is -0.588. The van der Waals surface area contributed by atoms with Crippen LogP contribution in [-0.2, 0) is 21.2 Å². The van der Waals surface area contributed by atoms with Crippen LogP contribution in [0.3, 0.4) is 0 Å². The highest BCUT2D eigenvalue weighted by Crippen LogP contribution is 2.30. The van der Waals surface area contributed by atoms with E-state index in [-0.39, 0.29) is 48.0 Å². The summed E-state index contributed by atoms with van der Waals surface area (Å²) < 4.78 is 35.1. The van der Waals surface area contributed by atoms with E-state index < -0.39 is 22.2 Å². The molecule has 4 aromatic rings. The monoisotopic (exact) mass is 630 g/mol. The summed E-state index contributed by atoms with van der Waals surface area (Å²) in [5.41, 5.74) is 1.47. The minimum atomic E-state index is -3.86. The first kappa shape index (κ1) is 31.8. The number of aliphatic hydroxyl groups is 1. The number of carbonyl (C=O) groups excluding carboxylic acids is 2. The van der Waals surface area contributed by atoms with Gasteiger partial charge in [-0.3, -0.25) is 9.52 Å². The first-order valence-corrected chi connectivity index (χ1v) is 16.3. The zero-order valence-electron chi connectivity index (χ0n) is 25.5. The quantitative estimate of drug-likeness (QED) is 0.253. The minimum absolute atomic E-state index is 0.0581. The van der Waals surface area contributed by atoms with Crippen molar-refractivity contribution in [2.75, 3.05) is 36.8 Å². The van der Waals surface area contributed by atoms with Crippen LogP contribution < -0.4 is 14.8 Å². The molecule has 0 fully saturated rings. The second-order valence-electron chi connectivity index (χ2n) is 11.5. The van der Waals surface area contributed by atoms with Gasteiger partial charge in [-0.2, -0.15) is 0 Å². The van der Waals surface area contributed by atoms with Crippen LogP contribution in [0.2, 0.25) is 0 Å². The van der Waals surface area contributed by atoms with Gasteiger partial charge in [0, 0.05) is 36.1 Å². The zero-order valence-corrected chi connectivity index (χ0v) is 26.3. The van der Waals surface area contributed by atoms with Gasteiger partial charge >= 0.3 is 6.03 Å². The number of anilines is 2. The van der Waals surface area contributed by atoms with Crippen LogP contribution in [0.4, 0.5) is 16.2 Å². The lowest BCUT2D eigenvalue weighted by Gasteiger charge is -2.34. The average Bonchev–Trinajstić information content (AvgIpc) is 3.08. The van der Waals surface area contributed by atoms with E-state index in [2.05, 4.69) is 10.0 Å². The van der Waals surface area contributed by atoms with Crippen molar-refractivity contribution in [1.82, 2.24) is 9.80 Å². The van der Waals surface area contributed by atoms with Crippen LogP contribution in [0.15, 0.2) is 95.9 Å². The summed E-state index contributed by atoms with van der Waals surface area (Å²) in [6.45, 7) is 3.99. The second-order valence-corrected chi connectivity index (χ2v) is 13.1. The molecule has 0 aliphatic carbocycles. The Labute approximate surface area is 263 Å². The number of sulfonamides is 1. The molecule has 11 heteroatoms. The lowest BCUT2D eigenvalue weighted by Crippen LogP contribution is -2.48. The fourth-order valence-electron chi connectivity index (χ4n) is 5.42. The molecule has 1 heterocycles. The molecule has 0 aromatic heterocycles. The molecule has 0 saturated heterocycles. The van der Waals surface area contributed by atoms with Crippen molar-refractivity contribution in [2.24, 2.45) is 5.92 Å². The Bertz CT molecular complexity index is 1780. The van der Waals surface area contributed by atoms with E-state index in [1.807, 2.05) is 49.4 Å². The Morgan fingerprint density at radius 1 is 1.04 bits per heavy atom. The number of likely N-dealkylation sites (N-methyl/N-ethyl adjacent to an activating group) is 1. The Morgan fingerprint density at radius 3 is 2.51 bits per heavy atom. The number of nitrogens with zero attached hydrogens (tertiary/aromatic N) is 2. The summed E-state index contributed by atoms with van der Waals surface area (Å²) in [5.74, 6) is -0.0267. The summed E-state index contributed by atoms with van der Waals surface area (Å²) in [6, 6.07) is 25.6. The van der Waals surface area contributed by atoms with Gasteiger partial charge in [0.25, 0.3) is 10.0 Å². The average molecular weight is 631 g/mol. The van der Waals surface area contributed by atoms with E-state index in [1.165, 1.54) is 12.1 Å². The lowest BCUT2D eigenvalue weighted by atomic mass is 10.0. The summed E-state index contributed by atoms with van der Waals surface area (Å²) in [5, 5.41) is 14.9. The summed E-state index contributed by atoms with van der Waals surface area (Å²) in [7, 11) is -2.17. The molecule has 45 heavy (non-hydrogen) atoms. The predicted octanol–water partition coefficient (Wildman–Crippen LogP) is 4.95. The van der Waals surface area contributed by atoms with Crippen LogP contribution in [0.5, 0.6) is 5.75 Å². The molecule has 236 valence electrons. The van der Waals surface area contributed by atoms with Gasteiger partial charge in [-0.1, -0.05) is 61.5 Å². The molecular weight excluding hydrogens is 592 g/mol. The largest absolute Gasteiger partial charge is 0.488 e. The second kappa shape index (κ2) is 13.6. The van der Waals surface area contributed by atoms with Crippen molar-refractivity contribution in [2.45, 2.75) is 37.3 Å². The van der Waals surface area contributed by atoms with E-state index in [9.17, 15) is 23.1 Å². The number of ether oxygens (including phenoxy) is 1. The maximum absolute atomic E-state index is 13.5. The number of rotatable bonds is 8. The first-order valence-electron chi connectivity index (χ1n) is 14.8. The number of fused-ring (bicyclic) bond motifs is 2. The molecule has 4 aromatic carbocycles. The number of urea groups is 1. The van der Waals surface area contributed by atoms with E-state index >= 15 is 0 Å². The number of hydrogen-bond donors (Lipinski definition) is 3. The highest BCUT2D eigenvalue weighted by atomic mass is 32.2. The van der Waals surface area contributed by atoms with Gasteiger partial charge < -0.3 is 25.0 Å². The first-order chi connectivity index (χ1) is 21.6. The number of nitrogens with one attached hydrogen (secondary N) is 2. The Kier molecular flexibility index (Phi) is 9.60. The van der Waals surface area contributed by atoms with Crippen LogP contribution >= 0.6 is 0 Å². The van der Waals surface area contributed by atoms with Crippen molar-refractivity contribution >= 4 is 44.1 Å². The molecule has 3 N–H and O–H groups in total. The lowest BCUT2D eigenvalue weighted by molar-refractivity contribution is -0.134. The van der Waals surface area contributed by atoms with E-state index in [0.29, 0.717) is 23.5 Å². The van der Waals surface area contributed by atoms with Crippen molar-refractivity contribution in [3.05, 3.63) is 96.6 Å². The fraction of sp³-hybridized carbons (Fsp3) is 0.294. The topological polar surface area (TPSA) is 128 Å². The van der Waals surface area contributed by atoms with Crippen molar-refractivity contribution in [1.29, 1.82) is 0 Å². The maximum Gasteiger partial charge on any atom is 0.321 e. The smallest absolute Gasteiger partial charge is 0.321 e. The molecule has 0 unspecified atom stereocenters. The molecule has 0 saturated carbocycles. The van der Waals surface area contributed by atoms with Gasteiger partial charge in [-0.25, -0.2) is 13.2 Å². The molecule has 0 spiro atoms. The molecule has 5 rings (SSSR count). The molecule has 1 aliphatic rings. The normalized spacial score (nSPS) is 17.7. The van der Waals surface area contributed by atoms with Gasteiger partial charge in [-0.05, 0) is 48.7 Å². The molecule has 3 atom stereocenters. The molecule has 10 nitrogen and oxygen atoms in total. The zero-order chi connectivity index (χ0) is 32.1. The van der Waals surface area contributed by atoms with Crippen molar-refractivity contribution < 1.29 is 27.9 Å². The molecule has 1 aliphatic heterocycles. The number of amides is 3. The Balaban J connectivity index is 1.41. The van der Waals surface area contributed by atoms with E-state index in [1.54, 1.807) is 60.2 Å². The van der Waals surface area contributed by atoms with Crippen LogP contribution in [0.1, 0.15) is 19.4 Å². The number of carbonyl (C=O) groups is 2. The highest BCUT2D eigenvalue weighted by Gasteiger charge is 2.32. The highest BCUT2D eigenvalue weighted by molar-refractivity contribution is 7.92. The van der Waals surface area contributed by atoms with E-state index in [0.717, 1.165) is 10.8 Å². The molecule has 0 bridgehead atoms. The third-order valence-electron chi connectivity index (χ3n) is 8.05. The van der Waals surface area contributed by atoms with Crippen LogP contribution in [0, 0.1) is 5.92 Å². The Morgan fingerprint density at radius 2 is 1.76 bits per heavy atom. The minimum Gasteiger partial charge on any atom is -0.488 e. The van der Waals surface area contributed by atoms with Gasteiger partial charge in [0.15, 0.2) is 0 Å². The van der Waals surface area contributed by atoms with Crippen LogP contribution in [-0.4, -0.2) is 74.2 Å². The molecular formula is C34H38N4O6S. The standard InChI is InChI=1S/C34H38N4O6S/c1-23-20-38(24(2)22-39)33(40)19-26-18-27(36-45(42,43)28-12-5-4-6-13-28)16-17-31(26)44-32(23)21-37(3)34(41)35-30-15-9-11-25-10-7-8-14-29(25)30/h4-18,23-24,32,36,39H,19-22H2,1-3H3,(H,35,41)/t23-,24-,32-/m1/s1. The fourth-order valence-corrected chi connectivity index (χ4v) is 6.49. The third kappa shape index (κ3) is 7.38. The van der Waals surface area contributed by atoms with Crippen LogP contribution in [0.25, 0.3) is 10.8 Å². The van der Waals surface area contributed by atoms with Gasteiger partial charge in [0.2, 0.25) is 5.91 Å². The number of benzene rings is 4. The van der Waals surface area contributed by atoms with Gasteiger partial charge in [0.1, 0.15) is 11.9 Å². The SMILES string of the molecule is C[C@@H]1CN([C@H](C)CO)C(=O)Cc2cc(NS(=O)(=O)c3ccccc3)ccc2O[C@@H]1CN(C)C(=O)Nc1cccc2ccccc12. The van der Waals surface area contributed by atoms with Crippen molar-refractivity contribution in [3.8, 4) is 5.75 Å². The van der Waals surface area contributed by atoms with Gasteiger partial charge in [0.05, 0.1) is 36.2 Å². The van der Waals surface area contributed by atoms with E-state index in [4.69, 9.17) is 4.74 Å². The number of hydrogen-bond acceptors (Lipinski definition) is 6. The van der Waals surface area contributed by atoms with Crippen molar-refractivity contribution in [3.63, 3.8) is 0 Å². The third-order valence-corrected chi connectivity index (χ3v) is 9.45. The maximum atomic E-state index is 13.5. The molecule has 0 radical (unpaired) electrons. The number of aliphatic hydroxyl groups excluding tert-OH is 1. The predicted molar refractivity (Wildman–Crippen MR) is 175 cm³/mol. The summed E-state index contributed by atoms with van der Waals surface area (Å²) >= 11 is 0. The Hall–Kier alpha value is -4.61. The molecule has 3 amide bonds. The van der Waals surface area contributed by atoms with Gasteiger partial charge in [-0.15, -0.1) is 0 Å².